The molecular weight excluding hydrogens is 426 g/mol. The highest BCUT2D eigenvalue weighted by atomic mass is 32.2. The first-order valence-corrected chi connectivity index (χ1v) is 12.1. The third kappa shape index (κ3) is 4.12. The molecule has 2 bridgehead atoms. The second kappa shape index (κ2) is 8.96. The number of ether oxygens (including phenoxy) is 1. The lowest BCUT2D eigenvalue weighted by atomic mass is 9.98. The summed E-state index contributed by atoms with van der Waals surface area (Å²) in [6.45, 7) is 1.58. The van der Waals surface area contributed by atoms with Crippen molar-refractivity contribution in [3.63, 3.8) is 0 Å². The summed E-state index contributed by atoms with van der Waals surface area (Å²) in [7, 11) is 0. The van der Waals surface area contributed by atoms with Crippen molar-refractivity contribution in [1.82, 2.24) is 15.2 Å². The monoisotopic (exact) mass is 451 g/mol. The van der Waals surface area contributed by atoms with Gasteiger partial charge in [0.1, 0.15) is 6.04 Å². The number of carbonyl (C=O) groups excluding carboxylic acids is 2. The third-order valence-corrected chi connectivity index (χ3v) is 7.38. The van der Waals surface area contributed by atoms with E-state index in [1.807, 2.05) is 12.1 Å². The molecule has 1 aromatic carbocycles. The first-order valence-electron chi connectivity index (χ1n) is 11.0. The van der Waals surface area contributed by atoms with Crippen molar-refractivity contribution in [3.8, 4) is 6.07 Å². The lowest BCUT2D eigenvalue weighted by Crippen LogP contribution is -2.50. The fraction of sp³-hybridized carbons (Fsp3) is 0.478. The Morgan fingerprint density at radius 3 is 2.84 bits per heavy atom. The maximum Gasteiger partial charge on any atom is 0.252 e. The molecule has 3 aliphatic rings. The molecule has 0 radical (unpaired) electrons. The van der Waals surface area contributed by atoms with Gasteiger partial charge in [0.25, 0.3) is 5.91 Å². The predicted octanol–water partition coefficient (Wildman–Crippen LogP) is 2.15. The van der Waals surface area contributed by atoms with Gasteiger partial charge >= 0.3 is 0 Å². The minimum atomic E-state index is -0.429. The molecule has 9 heteroatoms. The molecule has 1 N–H and O–H groups in total. The number of rotatable bonds is 4. The molecule has 0 saturated carbocycles. The molecule has 166 valence electrons. The SMILES string of the molecule is N#C[C@@H]1CSCN1C(=O)CNC(=O)c1ccnc2ccc(N3C[C@H]4CCC[C@@H](C3)O4)cc12. The molecule has 0 aliphatic carbocycles. The number of thioether (sulfide) groups is 1. The van der Waals surface area contributed by atoms with E-state index in [1.165, 1.54) is 11.3 Å². The summed E-state index contributed by atoms with van der Waals surface area (Å²) in [5.74, 6) is 0.531. The highest BCUT2D eigenvalue weighted by Crippen LogP contribution is 2.30. The van der Waals surface area contributed by atoms with Crippen LogP contribution >= 0.6 is 11.8 Å². The smallest absolute Gasteiger partial charge is 0.252 e. The lowest BCUT2D eigenvalue weighted by molar-refractivity contribution is -0.129. The van der Waals surface area contributed by atoms with E-state index in [1.54, 1.807) is 24.0 Å². The van der Waals surface area contributed by atoms with Crippen LogP contribution in [0, 0.1) is 11.3 Å². The minimum absolute atomic E-state index is 0.131. The second-order valence-corrected chi connectivity index (χ2v) is 9.47. The first-order chi connectivity index (χ1) is 15.6. The second-order valence-electron chi connectivity index (χ2n) is 8.47. The highest BCUT2D eigenvalue weighted by Gasteiger charge is 2.32. The van der Waals surface area contributed by atoms with Crippen LogP contribution in [0.25, 0.3) is 10.9 Å². The Hall–Kier alpha value is -2.83. The van der Waals surface area contributed by atoms with E-state index in [2.05, 4.69) is 27.3 Å². The van der Waals surface area contributed by atoms with Gasteiger partial charge in [-0.25, -0.2) is 0 Å². The Morgan fingerprint density at radius 1 is 1.25 bits per heavy atom. The molecular formula is C23H25N5O3S. The van der Waals surface area contributed by atoms with Crippen LogP contribution < -0.4 is 10.2 Å². The largest absolute Gasteiger partial charge is 0.371 e. The molecule has 1 aromatic heterocycles. The normalized spacial score (nSPS) is 24.9. The minimum Gasteiger partial charge on any atom is -0.371 e. The van der Waals surface area contributed by atoms with Gasteiger partial charge in [-0.3, -0.25) is 14.6 Å². The van der Waals surface area contributed by atoms with Crippen molar-refractivity contribution in [2.45, 2.75) is 37.5 Å². The fourth-order valence-electron chi connectivity index (χ4n) is 4.70. The van der Waals surface area contributed by atoms with Crippen LogP contribution in [0.4, 0.5) is 5.69 Å². The van der Waals surface area contributed by atoms with E-state index >= 15 is 0 Å². The third-order valence-electron chi connectivity index (χ3n) is 6.37. The molecule has 0 spiro atoms. The number of hydrogen-bond acceptors (Lipinski definition) is 7. The van der Waals surface area contributed by atoms with E-state index in [0.29, 0.717) is 17.2 Å². The molecule has 3 saturated heterocycles. The van der Waals surface area contributed by atoms with E-state index in [0.717, 1.165) is 42.5 Å². The summed E-state index contributed by atoms with van der Waals surface area (Å²) in [6.07, 6.45) is 5.54. The fourth-order valence-corrected chi connectivity index (χ4v) is 5.81. The number of benzene rings is 1. The number of nitriles is 1. The number of amides is 2. The number of anilines is 1. The number of morpholine rings is 1. The van der Waals surface area contributed by atoms with Crippen LogP contribution in [0.3, 0.4) is 0 Å². The number of carbonyl (C=O) groups is 2. The van der Waals surface area contributed by atoms with Crippen molar-refractivity contribution in [2.75, 3.05) is 36.2 Å². The number of nitrogens with zero attached hydrogens (tertiary/aromatic N) is 4. The zero-order valence-corrected chi connectivity index (χ0v) is 18.5. The van der Waals surface area contributed by atoms with Gasteiger partial charge in [0.05, 0.1) is 41.8 Å². The summed E-state index contributed by atoms with van der Waals surface area (Å²) in [6, 6.07) is 9.40. The molecule has 32 heavy (non-hydrogen) atoms. The number of aromatic nitrogens is 1. The molecule has 4 heterocycles. The number of nitrogens with one attached hydrogen (secondary N) is 1. The van der Waals surface area contributed by atoms with Gasteiger partial charge in [-0.15, -0.1) is 11.8 Å². The van der Waals surface area contributed by atoms with E-state index < -0.39 is 6.04 Å². The van der Waals surface area contributed by atoms with Gasteiger partial charge in [-0.05, 0) is 43.5 Å². The van der Waals surface area contributed by atoms with Crippen LogP contribution in [0.5, 0.6) is 0 Å². The summed E-state index contributed by atoms with van der Waals surface area (Å²) in [4.78, 5) is 33.7. The van der Waals surface area contributed by atoms with Crippen molar-refractivity contribution >= 4 is 40.2 Å². The van der Waals surface area contributed by atoms with Crippen LogP contribution in [-0.2, 0) is 9.53 Å². The molecule has 8 nitrogen and oxygen atoms in total. The molecule has 0 unspecified atom stereocenters. The van der Waals surface area contributed by atoms with Crippen molar-refractivity contribution in [3.05, 3.63) is 36.0 Å². The topological polar surface area (TPSA) is 98.6 Å². The number of hydrogen-bond donors (Lipinski definition) is 1. The van der Waals surface area contributed by atoms with Crippen LogP contribution in [0.1, 0.15) is 29.6 Å². The Labute approximate surface area is 190 Å². The maximum atomic E-state index is 13.0. The van der Waals surface area contributed by atoms with Crippen LogP contribution in [0.15, 0.2) is 30.5 Å². The Balaban J connectivity index is 1.33. The van der Waals surface area contributed by atoms with Crippen LogP contribution in [0.2, 0.25) is 0 Å². The van der Waals surface area contributed by atoms with Crippen molar-refractivity contribution in [2.24, 2.45) is 0 Å². The highest BCUT2D eigenvalue weighted by molar-refractivity contribution is 7.99. The molecule has 5 rings (SSSR count). The number of pyridine rings is 1. The van der Waals surface area contributed by atoms with Crippen molar-refractivity contribution in [1.29, 1.82) is 5.26 Å². The summed E-state index contributed by atoms with van der Waals surface area (Å²) < 4.78 is 6.06. The van der Waals surface area contributed by atoms with Gasteiger partial charge in [0.15, 0.2) is 0 Å². The Morgan fingerprint density at radius 2 is 2.06 bits per heavy atom. The van der Waals surface area contributed by atoms with Gasteiger partial charge < -0.3 is 19.9 Å². The Bertz CT molecular complexity index is 1070. The zero-order valence-electron chi connectivity index (χ0n) is 17.7. The lowest BCUT2D eigenvalue weighted by Gasteiger charge is -2.42. The molecule has 3 fully saturated rings. The molecule has 3 atom stereocenters. The quantitative estimate of drug-likeness (QED) is 0.760. The van der Waals surface area contributed by atoms with Gasteiger partial charge in [-0.2, -0.15) is 5.26 Å². The predicted molar refractivity (Wildman–Crippen MR) is 122 cm³/mol. The zero-order chi connectivity index (χ0) is 22.1. The average Bonchev–Trinajstić information content (AvgIpc) is 3.30. The molecule has 3 aliphatic heterocycles. The van der Waals surface area contributed by atoms with E-state index in [-0.39, 0.29) is 30.6 Å². The van der Waals surface area contributed by atoms with E-state index in [9.17, 15) is 14.9 Å². The van der Waals surface area contributed by atoms with E-state index in [4.69, 9.17) is 4.74 Å². The molecule has 2 amide bonds. The summed E-state index contributed by atoms with van der Waals surface area (Å²) >= 11 is 1.54. The maximum absolute atomic E-state index is 13.0. The van der Waals surface area contributed by atoms with Gasteiger partial charge in [-0.1, -0.05) is 0 Å². The van der Waals surface area contributed by atoms with Gasteiger partial charge in [0, 0.05) is 36.1 Å². The van der Waals surface area contributed by atoms with Crippen molar-refractivity contribution < 1.29 is 14.3 Å². The van der Waals surface area contributed by atoms with Gasteiger partial charge in [0.2, 0.25) is 5.91 Å². The number of fused-ring (bicyclic) bond motifs is 3. The standard InChI is InChI=1S/C23H25N5O3S/c24-9-16-13-32-14-28(16)22(29)10-26-23(30)19-6-7-25-21-5-4-15(8-20(19)21)27-11-17-2-1-3-18(12-27)31-17/h4-8,16-18H,1-3,10-14H2,(H,26,30)/t16-,17-,18+/m1/s1. The average molecular weight is 452 g/mol. The summed E-state index contributed by atoms with van der Waals surface area (Å²) in [5.41, 5.74) is 2.29. The first kappa shape index (κ1) is 21.0. The van der Waals surface area contributed by atoms with Crippen LogP contribution in [-0.4, -0.2) is 71.2 Å². The Kier molecular flexibility index (Phi) is 5.89. The molecule has 2 aromatic rings. The summed E-state index contributed by atoms with van der Waals surface area (Å²) in [5, 5.41) is 12.7.